The summed E-state index contributed by atoms with van der Waals surface area (Å²) in [5.74, 6) is 1.76. The number of anilines is 3. The molecule has 0 saturated carbocycles. The maximum atomic E-state index is 5.06. The highest BCUT2D eigenvalue weighted by atomic mass is 15.4. The Labute approximate surface area is 315 Å². The maximum absolute atomic E-state index is 5.06. The van der Waals surface area contributed by atoms with E-state index in [9.17, 15) is 0 Å². The lowest BCUT2D eigenvalue weighted by molar-refractivity contribution is 0.518. The van der Waals surface area contributed by atoms with Crippen molar-refractivity contribution >= 4 is 38.9 Å². The highest BCUT2D eigenvalue weighted by Crippen LogP contribution is 2.45. The number of hydrogen-bond donors (Lipinski definition) is 0. The van der Waals surface area contributed by atoms with Gasteiger partial charge in [0.25, 0.3) is 0 Å². The van der Waals surface area contributed by atoms with E-state index in [0.29, 0.717) is 11.8 Å². The number of pyridine rings is 1. The van der Waals surface area contributed by atoms with Crippen molar-refractivity contribution in [2.45, 2.75) is 85.1 Å². The van der Waals surface area contributed by atoms with Crippen LogP contribution in [0.15, 0.2) is 128 Å². The van der Waals surface area contributed by atoms with E-state index in [-0.39, 0.29) is 11.0 Å². The van der Waals surface area contributed by atoms with E-state index in [1.54, 1.807) is 0 Å². The minimum atomic E-state index is -0.258. The third-order valence-electron chi connectivity index (χ3n) is 11.5. The SMILES string of the molecule is CC(C)c1cccc(C(C)C)c1-c1ccnc(-n2c3ccccc3c3ccc(C(C)(C)c4cccc(N5CN(C(C)(C)C)c6ccccc65)c4)cc32)c1. The van der Waals surface area contributed by atoms with Crippen LogP contribution in [0.2, 0.25) is 0 Å². The van der Waals surface area contributed by atoms with Gasteiger partial charge in [-0.3, -0.25) is 4.57 Å². The number of benzene rings is 5. The molecular formula is C49H52N4. The summed E-state index contributed by atoms with van der Waals surface area (Å²) in [5.41, 5.74) is 13.7. The van der Waals surface area contributed by atoms with Crippen LogP contribution in [0.5, 0.6) is 0 Å². The van der Waals surface area contributed by atoms with E-state index in [1.165, 1.54) is 72.2 Å². The second kappa shape index (κ2) is 12.9. The molecule has 268 valence electrons. The molecule has 4 nitrogen and oxygen atoms in total. The predicted octanol–water partition coefficient (Wildman–Crippen LogP) is 13.1. The number of para-hydroxylation sites is 3. The van der Waals surface area contributed by atoms with Crippen LogP contribution in [0.1, 0.15) is 96.4 Å². The third kappa shape index (κ3) is 5.89. The second-order valence-corrected chi connectivity index (χ2v) is 16.9. The van der Waals surface area contributed by atoms with Gasteiger partial charge in [-0.2, -0.15) is 0 Å². The van der Waals surface area contributed by atoms with Crippen LogP contribution in [0.4, 0.5) is 17.1 Å². The summed E-state index contributed by atoms with van der Waals surface area (Å²) in [6, 6.07) is 45.1. The molecule has 0 N–H and O–H groups in total. The number of aromatic nitrogens is 2. The summed E-state index contributed by atoms with van der Waals surface area (Å²) in [6.45, 7) is 21.6. The molecular weight excluding hydrogens is 645 g/mol. The summed E-state index contributed by atoms with van der Waals surface area (Å²) in [7, 11) is 0. The van der Waals surface area contributed by atoms with Crippen LogP contribution in [-0.4, -0.2) is 21.8 Å². The maximum Gasteiger partial charge on any atom is 0.138 e. The first-order valence-electron chi connectivity index (χ1n) is 19.2. The number of nitrogens with zero attached hydrogens (tertiary/aromatic N) is 4. The molecule has 0 fully saturated rings. The molecule has 0 bridgehead atoms. The number of fused-ring (bicyclic) bond motifs is 4. The van der Waals surface area contributed by atoms with E-state index >= 15 is 0 Å². The van der Waals surface area contributed by atoms with Crippen molar-refractivity contribution in [1.29, 1.82) is 0 Å². The Balaban J connectivity index is 1.25. The summed E-state index contributed by atoms with van der Waals surface area (Å²) < 4.78 is 2.37. The Morgan fingerprint density at radius 2 is 1.23 bits per heavy atom. The van der Waals surface area contributed by atoms with Crippen molar-refractivity contribution < 1.29 is 0 Å². The quantitative estimate of drug-likeness (QED) is 0.166. The van der Waals surface area contributed by atoms with Crippen LogP contribution in [0, 0.1) is 0 Å². The second-order valence-electron chi connectivity index (χ2n) is 16.9. The zero-order chi connectivity index (χ0) is 37.2. The highest BCUT2D eigenvalue weighted by molar-refractivity contribution is 6.09. The number of hydrogen-bond acceptors (Lipinski definition) is 3. The van der Waals surface area contributed by atoms with Crippen molar-refractivity contribution in [3.63, 3.8) is 0 Å². The monoisotopic (exact) mass is 696 g/mol. The van der Waals surface area contributed by atoms with Gasteiger partial charge in [0.15, 0.2) is 0 Å². The van der Waals surface area contributed by atoms with Gasteiger partial charge in [-0.15, -0.1) is 0 Å². The number of rotatable bonds is 7. The van der Waals surface area contributed by atoms with Crippen LogP contribution in [-0.2, 0) is 5.41 Å². The van der Waals surface area contributed by atoms with Gasteiger partial charge >= 0.3 is 0 Å². The first-order chi connectivity index (χ1) is 25.3. The van der Waals surface area contributed by atoms with Crippen molar-refractivity contribution in [3.8, 4) is 16.9 Å². The minimum Gasteiger partial charge on any atom is -0.347 e. The predicted molar refractivity (Wildman–Crippen MR) is 226 cm³/mol. The zero-order valence-electron chi connectivity index (χ0n) is 32.8. The molecule has 1 aliphatic rings. The molecule has 1 aliphatic heterocycles. The third-order valence-corrected chi connectivity index (χ3v) is 11.5. The van der Waals surface area contributed by atoms with Gasteiger partial charge in [0, 0.05) is 33.6 Å². The summed E-state index contributed by atoms with van der Waals surface area (Å²) >= 11 is 0. The van der Waals surface area contributed by atoms with Gasteiger partial charge in [-0.25, -0.2) is 4.98 Å². The normalized spacial score (nSPS) is 13.6. The van der Waals surface area contributed by atoms with E-state index < -0.39 is 0 Å². The van der Waals surface area contributed by atoms with Crippen LogP contribution in [0.3, 0.4) is 0 Å². The lowest BCUT2D eigenvalue weighted by atomic mass is 9.77. The Morgan fingerprint density at radius 1 is 0.585 bits per heavy atom. The molecule has 0 unspecified atom stereocenters. The van der Waals surface area contributed by atoms with Gasteiger partial charge in [-0.05, 0) is 115 Å². The molecule has 0 radical (unpaired) electrons. The smallest absolute Gasteiger partial charge is 0.138 e. The summed E-state index contributed by atoms with van der Waals surface area (Å²) in [5, 5.41) is 2.48. The molecule has 0 atom stereocenters. The fourth-order valence-electron chi connectivity index (χ4n) is 8.42. The van der Waals surface area contributed by atoms with Crippen LogP contribution in [0.25, 0.3) is 38.8 Å². The molecule has 2 aromatic heterocycles. The topological polar surface area (TPSA) is 24.3 Å². The lowest BCUT2D eigenvalue weighted by Gasteiger charge is -2.34. The summed E-state index contributed by atoms with van der Waals surface area (Å²) in [4.78, 5) is 10.0. The molecule has 53 heavy (non-hydrogen) atoms. The molecule has 0 spiro atoms. The molecule has 5 aromatic carbocycles. The van der Waals surface area contributed by atoms with Gasteiger partial charge in [0.1, 0.15) is 5.82 Å². The molecule has 0 saturated heterocycles. The van der Waals surface area contributed by atoms with E-state index in [4.69, 9.17) is 4.98 Å². The van der Waals surface area contributed by atoms with Crippen molar-refractivity contribution in [1.82, 2.24) is 9.55 Å². The van der Waals surface area contributed by atoms with Crippen molar-refractivity contribution in [3.05, 3.63) is 150 Å². The molecule has 3 heterocycles. The van der Waals surface area contributed by atoms with Gasteiger partial charge in [0.2, 0.25) is 0 Å². The molecule has 7 aromatic rings. The molecule has 4 heteroatoms. The Morgan fingerprint density at radius 3 is 1.94 bits per heavy atom. The zero-order valence-corrected chi connectivity index (χ0v) is 32.8. The Hall–Kier alpha value is -5.35. The minimum absolute atomic E-state index is 0.0124. The van der Waals surface area contributed by atoms with Crippen molar-refractivity contribution in [2.24, 2.45) is 0 Å². The fraction of sp³-hybridized carbons (Fsp3) is 0.286. The van der Waals surface area contributed by atoms with Crippen LogP contribution < -0.4 is 9.80 Å². The average Bonchev–Trinajstić information content (AvgIpc) is 3.71. The van der Waals surface area contributed by atoms with Gasteiger partial charge < -0.3 is 9.80 Å². The van der Waals surface area contributed by atoms with E-state index in [1.807, 2.05) is 6.20 Å². The standard InChI is InChI=1S/C49H52N4/c1-32(2)38-19-15-20-39(33(3)4)47(38)34-26-27-50-46(28-34)53-42-21-11-10-18-40(42)41-25-24-36(30-45(41)53)49(8,9)35-16-14-17-37(29-35)51-31-52(48(5,6)7)44-23-13-12-22-43(44)51/h10-30,32-33H,31H2,1-9H3. The fourth-order valence-corrected chi connectivity index (χ4v) is 8.42. The largest absolute Gasteiger partial charge is 0.347 e. The van der Waals surface area contributed by atoms with E-state index in [2.05, 4.69) is 198 Å². The average molecular weight is 697 g/mol. The van der Waals surface area contributed by atoms with E-state index in [0.717, 1.165) is 12.5 Å². The van der Waals surface area contributed by atoms with Gasteiger partial charge in [0.05, 0.1) is 29.1 Å². The summed E-state index contributed by atoms with van der Waals surface area (Å²) in [6.07, 6.45) is 1.99. The van der Waals surface area contributed by atoms with Crippen molar-refractivity contribution in [2.75, 3.05) is 16.5 Å². The first-order valence-corrected chi connectivity index (χ1v) is 19.2. The molecule has 0 aliphatic carbocycles. The highest BCUT2D eigenvalue weighted by Gasteiger charge is 2.34. The first kappa shape index (κ1) is 34.7. The van der Waals surface area contributed by atoms with Gasteiger partial charge in [-0.1, -0.05) is 114 Å². The Bertz CT molecular complexity index is 2450. The Kier molecular flexibility index (Phi) is 8.48. The van der Waals surface area contributed by atoms with Crippen LogP contribution >= 0.6 is 0 Å². The molecule has 8 rings (SSSR count). The lowest BCUT2D eigenvalue weighted by Crippen LogP contribution is -2.42. The molecule has 0 amide bonds.